The first-order valence-corrected chi connectivity index (χ1v) is 5.65. The van der Waals surface area contributed by atoms with Crippen molar-refractivity contribution >= 4 is 5.97 Å². The number of carboxylic acid groups (broad SMARTS) is 1. The van der Waals surface area contributed by atoms with Gasteiger partial charge in [-0.2, -0.15) is 0 Å². The average Bonchev–Trinajstić information content (AvgIpc) is 2.21. The second-order valence-corrected chi connectivity index (χ2v) is 4.22. The van der Waals surface area contributed by atoms with E-state index in [0.717, 1.165) is 12.8 Å². The van der Waals surface area contributed by atoms with Crippen molar-refractivity contribution in [3.05, 3.63) is 0 Å². The quantitative estimate of drug-likeness (QED) is 0.661. The van der Waals surface area contributed by atoms with Crippen molar-refractivity contribution in [2.75, 3.05) is 27.3 Å². The SMILES string of the molecule is CCCCC(C(=O)O)N1CC(OC)(OC)C1. The molecule has 1 fully saturated rings. The van der Waals surface area contributed by atoms with Crippen LogP contribution in [0.5, 0.6) is 0 Å². The van der Waals surface area contributed by atoms with Gasteiger partial charge in [-0.3, -0.25) is 9.69 Å². The van der Waals surface area contributed by atoms with Crippen LogP contribution in [0.15, 0.2) is 0 Å². The third-order valence-electron chi connectivity index (χ3n) is 3.19. The van der Waals surface area contributed by atoms with E-state index in [1.807, 2.05) is 4.90 Å². The summed E-state index contributed by atoms with van der Waals surface area (Å²) < 4.78 is 10.5. The van der Waals surface area contributed by atoms with E-state index in [1.165, 1.54) is 0 Å². The van der Waals surface area contributed by atoms with Gasteiger partial charge in [0.1, 0.15) is 6.04 Å². The van der Waals surface area contributed by atoms with Crippen molar-refractivity contribution in [2.45, 2.75) is 38.0 Å². The van der Waals surface area contributed by atoms with Crippen LogP contribution in [0.4, 0.5) is 0 Å². The number of aliphatic carboxylic acids is 1. The van der Waals surface area contributed by atoms with Gasteiger partial charge in [0.2, 0.25) is 0 Å². The van der Waals surface area contributed by atoms with E-state index < -0.39 is 17.8 Å². The maximum absolute atomic E-state index is 11.1. The molecule has 0 aromatic rings. The van der Waals surface area contributed by atoms with Crippen molar-refractivity contribution in [3.63, 3.8) is 0 Å². The van der Waals surface area contributed by atoms with Crippen molar-refractivity contribution in [1.29, 1.82) is 0 Å². The van der Waals surface area contributed by atoms with Gasteiger partial charge < -0.3 is 14.6 Å². The number of methoxy groups -OCH3 is 2. The molecular weight excluding hydrogens is 210 g/mol. The summed E-state index contributed by atoms with van der Waals surface area (Å²) in [6.07, 6.45) is 2.63. The normalized spacial score (nSPS) is 21.4. The molecule has 0 aromatic carbocycles. The largest absolute Gasteiger partial charge is 0.480 e. The van der Waals surface area contributed by atoms with Crippen molar-refractivity contribution in [1.82, 2.24) is 4.90 Å². The van der Waals surface area contributed by atoms with E-state index in [-0.39, 0.29) is 0 Å². The van der Waals surface area contributed by atoms with Crippen LogP contribution in [-0.4, -0.2) is 55.1 Å². The number of rotatable bonds is 7. The lowest BCUT2D eigenvalue weighted by Gasteiger charge is -2.49. The second-order valence-electron chi connectivity index (χ2n) is 4.22. The van der Waals surface area contributed by atoms with Gasteiger partial charge in [-0.15, -0.1) is 0 Å². The lowest BCUT2D eigenvalue weighted by Crippen LogP contribution is -2.67. The van der Waals surface area contributed by atoms with Gasteiger partial charge in [0.15, 0.2) is 5.79 Å². The summed E-state index contributed by atoms with van der Waals surface area (Å²) in [5.74, 6) is -1.35. The first kappa shape index (κ1) is 13.4. The van der Waals surface area contributed by atoms with E-state index in [9.17, 15) is 4.79 Å². The molecule has 0 spiro atoms. The third kappa shape index (κ3) is 2.72. The first-order chi connectivity index (χ1) is 7.58. The molecule has 0 amide bonds. The van der Waals surface area contributed by atoms with Crippen LogP contribution in [0.3, 0.4) is 0 Å². The van der Waals surface area contributed by atoms with E-state index in [1.54, 1.807) is 14.2 Å². The topological polar surface area (TPSA) is 59.0 Å². The van der Waals surface area contributed by atoms with E-state index in [0.29, 0.717) is 19.5 Å². The van der Waals surface area contributed by atoms with Crippen LogP contribution in [-0.2, 0) is 14.3 Å². The Bertz CT molecular complexity index is 232. The molecule has 0 radical (unpaired) electrons. The van der Waals surface area contributed by atoms with Crippen LogP contribution >= 0.6 is 0 Å². The maximum Gasteiger partial charge on any atom is 0.320 e. The molecule has 0 aromatic heterocycles. The van der Waals surface area contributed by atoms with Crippen LogP contribution in [0.1, 0.15) is 26.2 Å². The Morgan fingerprint density at radius 1 is 1.44 bits per heavy atom. The van der Waals surface area contributed by atoms with Crippen LogP contribution in [0.25, 0.3) is 0 Å². The highest BCUT2D eigenvalue weighted by molar-refractivity contribution is 5.73. The summed E-state index contributed by atoms with van der Waals surface area (Å²) in [5.41, 5.74) is 0. The summed E-state index contributed by atoms with van der Waals surface area (Å²) in [4.78, 5) is 13.0. The lowest BCUT2D eigenvalue weighted by atomic mass is 10.00. The Labute approximate surface area is 96.3 Å². The van der Waals surface area contributed by atoms with Crippen molar-refractivity contribution < 1.29 is 19.4 Å². The second kappa shape index (κ2) is 5.61. The fourth-order valence-corrected chi connectivity index (χ4v) is 1.99. The molecule has 0 aliphatic carbocycles. The number of carboxylic acids is 1. The van der Waals surface area contributed by atoms with Gasteiger partial charge in [-0.05, 0) is 6.42 Å². The Hall–Kier alpha value is -0.650. The molecule has 1 heterocycles. The Balaban J connectivity index is 2.48. The monoisotopic (exact) mass is 231 g/mol. The smallest absolute Gasteiger partial charge is 0.320 e. The molecule has 1 rings (SSSR count). The highest BCUT2D eigenvalue weighted by Gasteiger charge is 2.47. The fourth-order valence-electron chi connectivity index (χ4n) is 1.99. The van der Waals surface area contributed by atoms with E-state index in [4.69, 9.17) is 14.6 Å². The fraction of sp³-hybridized carbons (Fsp3) is 0.909. The molecule has 0 saturated carbocycles. The molecule has 1 aliphatic heterocycles. The van der Waals surface area contributed by atoms with Crippen LogP contribution in [0.2, 0.25) is 0 Å². The molecule has 16 heavy (non-hydrogen) atoms. The Morgan fingerprint density at radius 3 is 2.38 bits per heavy atom. The molecule has 1 aliphatic rings. The predicted molar refractivity (Wildman–Crippen MR) is 59.3 cm³/mol. The molecule has 1 saturated heterocycles. The average molecular weight is 231 g/mol. The number of nitrogens with zero attached hydrogens (tertiary/aromatic N) is 1. The summed E-state index contributed by atoms with van der Waals surface area (Å²) in [5, 5.41) is 9.13. The summed E-state index contributed by atoms with van der Waals surface area (Å²) in [7, 11) is 3.17. The van der Waals surface area contributed by atoms with Crippen molar-refractivity contribution in [2.24, 2.45) is 0 Å². The summed E-state index contributed by atoms with van der Waals surface area (Å²) >= 11 is 0. The van der Waals surface area contributed by atoms with E-state index in [2.05, 4.69) is 6.92 Å². The summed E-state index contributed by atoms with van der Waals surface area (Å²) in [6.45, 7) is 3.12. The zero-order chi connectivity index (χ0) is 12.2. The third-order valence-corrected chi connectivity index (χ3v) is 3.19. The Morgan fingerprint density at radius 2 is 2.00 bits per heavy atom. The summed E-state index contributed by atoms with van der Waals surface area (Å²) in [6, 6.07) is -0.404. The maximum atomic E-state index is 11.1. The molecule has 1 N–H and O–H groups in total. The zero-order valence-corrected chi connectivity index (χ0v) is 10.2. The van der Waals surface area contributed by atoms with Gasteiger partial charge in [0.05, 0.1) is 13.1 Å². The van der Waals surface area contributed by atoms with Gasteiger partial charge in [0, 0.05) is 14.2 Å². The molecule has 5 nitrogen and oxygen atoms in total. The minimum atomic E-state index is -0.755. The van der Waals surface area contributed by atoms with Gasteiger partial charge in [-0.25, -0.2) is 0 Å². The molecule has 1 atom stereocenters. The van der Waals surface area contributed by atoms with Crippen molar-refractivity contribution in [3.8, 4) is 0 Å². The molecular formula is C11H21NO4. The highest BCUT2D eigenvalue weighted by Crippen LogP contribution is 2.28. The number of hydrogen-bond donors (Lipinski definition) is 1. The standard InChI is InChI=1S/C11H21NO4/c1-4-5-6-9(10(13)14)12-7-11(8-12,15-2)16-3/h9H,4-8H2,1-3H3,(H,13,14). The van der Waals surface area contributed by atoms with E-state index >= 15 is 0 Å². The first-order valence-electron chi connectivity index (χ1n) is 5.65. The van der Waals surface area contributed by atoms with Crippen LogP contribution < -0.4 is 0 Å². The Kier molecular flexibility index (Phi) is 4.70. The highest BCUT2D eigenvalue weighted by atomic mass is 16.7. The molecule has 1 unspecified atom stereocenters. The number of unbranched alkanes of at least 4 members (excludes halogenated alkanes) is 1. The lowest BCUT2D eigenvalue weighted by molar-refractivity contribution is -0.281. The molecule has 5 heteroatoms. The van der Waals surface area contributed by atoms with Gasteiger partial charge in [0.25, 0.3) is 0 Å². The number of carbonyl (C=O) groups is 1. The number of likely N-dealkylation sites (tertiary alicyclic amines) is 1. The van der Waals surface area contributed by atoms with Gasteiger partial charge >= 0.3 is 5.97 Å². The molecule has 0 bridgehead atoms. The predicted octanol–water partition coefficient (Wildman–Crippen LogP) is 0.934. The number of ether oxygens (including phenoxy) is 2. The van der Waals surface area contributed by atoms with Crippen LogP contribution in [0, 0.1) is 0 Å². The van der Waals surface area contributed by atoms with Gasteiger partial charge in [-0.1, -0.05) is 19.8 Å². The number of hydrogen-bond acceptors (Lipinski definition) is 4. The minimum absolute atomic E-state index is 0.404. The zero-order valence-electron chi connectivity index (χ0n) is 10.2. The molecule has 94 valence electrons. The minimum Gasteiger partial charge on any atom is -0.480 e.